The maximum absolute atomic E-state index is 15.7. The molecule has 0 saturated carbocycles. The van der Waals surface area contributed by atoms with Crippen LogP contribution in [0.5, 0.6) is 0 Å². The van der Waals surface area contributed by atoms with Crippen LogP contribution in [0.2, 0.25) is 0 Å². The van der Waals surface area contributed by atoms with E-state index in [0.29, 0.717) is 49.4 Å². The molecule has 0 spiro atoms. The Morgan fingerprint density at radius 2 is 1.70 bits per heavy atom. The number of anilines is 3. The zero-order valence-electron chi connectivity index (χ0n) is 25.2. The molecule has 2 aliphatic heterocycles. The summed E-state index contributed by atoms with van der Waals surface area (Å²) in [5.41, 5.74) is -2.15. The molecule has 3 atom stereocenters. The van der Waals surface area contributed by atoms with Crippen LogP contribution < -0.4 is 20.7 Å². The van der Waals surface area contributed by atoms with Crippen LogP contribution in [0.4, 0.5) is 34.9 Å². The van der Waals surface area contributed by atoms with Crippen LogP contribution in [0.25, 0.3) is 11.1 Å². The molecule has 5 rings (SSSR count). The number of ether oxygens (including phenoxy) is 1. The summed E-state index contributed by atoms with van der Waals surface area (Å²) in [7, 11) is 5.12. The van der Waals surface area contributed by atoms with Crippen molar-refractivity contribution < 1.29 is 27.1 Å². The van der Waals surface area contributed by atoms with E-state index in [2.05, 4.69) is 15.3 Å². The van der Waals surface area contributed by atoms with Gasteiger partial charge in [-0.3, -0.25) is 9.59 Å². The van der Waals surface area contributed by atoms with Crippen molar-refractivity contribution in [3.05, 3.63) is 64.1 Å². The fourth-order valence-corrected chi connectivity index (χ4v) is 5.73. The number of morpholine rings is 1. The highest BCUT2D eigenvalue weighted by molar-refractivity contribution is 6.07. The summed E-state index contributed by atoms with van der Waals surface area (Å²) in [5.74, 6) is -1.23. The van der Waals surface area contributed by atoms with E-state index in [1.165, 1.54) is 31.6 Å². The number of pyridine rings is 1. The molecule has 0 aliphatic carbocycles. The molecule has 2 fully saturated rings. The Bertz CT molecular complexity index is 1580. The van der Waals surface area contributed by atoms with E-state index in [0.717, 1.165) is 17.2 Å². The van der Waals surface area contributed by atoms with Crippen molar-refractivity contribution >= 4 is 23.2 Å². The largest absolute Gasteiger partial charge is 0.417 e. The molecular formula is C30H35F4N7O3. The highest BCUT2D eigenvalue weighted by atomic mass is 19.4. The van der Waals surface area contributed by atoms with Crippen molar-refractivity contribution in [1.82, 2.24) is 19.4 Å². The Balaban J connectivity index is 1.53. The van der Waals surface area contributed by atoms with Gasteiger partial charge in [0, 0.05) is 75.1 Å². The topological polar surface area (TPSA) is 95.8 Å². The third-order valence-electron chi connectivity index (χ3n) is 8.00. The van der Waals surface area contributed by atoms with Crippen LogP contribution in [-0.2, 0) is 18.0 Å². The predicted molar refractivity (Wildman–Crippen MR) is 159 cm³/mol. The number of halogens is 4. The smallest absolute Gasteiger partial charge is 0.372 e. The second-order valence-corrected chi connectivity index (χ2v) is 11.6. The Morgan fingerprint density at radius 3 is 2.30 bits per heavy atom. The standard InChI is InChI=1S/C30H35F4N7O3/c1-17-13-41(14-18(2)44-17)29-35-11-19(12-36-29)21-8-25(26(10-24(21)31)40-7-6-20(15-40)38(3)4)37-28(43)22-16-39(5)27(42)9-23(22)30(32,33)34/h8-12,16-18,20H,6-7,13-15H2,1-5H3,(H,37,43)/t17-,18+,20-/m0/s1. The lowest BCUT2D eigenvalue weighted by Gasteiger charge is -2.35. The van der Waals surface area contributed by atoms with Gasteiger partial charge in [-0.2, -0.15) is 13.2 Å². The fraction of sp³-hybridized carbons (Fsp3) is 0.467. The van der Waals surface area contributed by atoms with E-state index < -0.39 is 34.6 Å². The molecule has 4 heterocycles. The molecule has 14 heteroatoms. The Hall–Kier alpha value is -4.04. The molecule has 0 radical (unpaired) electrons. The molecule has 2 aliphatic rings. The average Bonchev–Trinajstić information content (AvgIpc) is 3.45. The second-order valence-electron chi connectivity index (χ2n) is 11.6. The summed E-state index contributed by atoms with van der Waals surface area (Å²) in [6.45, 7) is 6.17. The van der Waals surface area contributed by atoms with Crippen LogP contribution in [0.15, 0.2) is 41.6 Å². The number of amides is 1. The molecule has 1 aromatic carbocycles. The van der Waals surface area contributed by atoms with E-state index in [9.17, 15) is 22.8 Å². The molecule has 2 aromatic heterocycles. The summed E-state index contributed by atoms with van der Waals surface area (Å²) in [6.07, 6.45) is -0.395. The molecule has 2 saturated heterocycles. The summed E-state index contributed by atoms with van der Waals surface area (Å²) >= 11 is 0. The monoisotopic (exact) mass is 617 g/mol. The number of nitrogens with one attached hydrogen (secondary N) is 1. The van der Waals surface area contributed by atoms with E-state index in [1.54, 1.807) is 0 Å². The number of aromatic nitrogens is 3. The van der Waals surface area contributed by atoms with Crippen LogP contribution in [0.1, 0.15) is 36.2 Å². The average molecular weight is 618 g/mol. The van der Waals surface area contributed by atoms with E-state index in [4.69, 9.17) is 4.74 Å². The third kappa shape index (κ3) is 6.55. The van der Waals surface area contributed by atoms with Crippen LogP contribution in [-0.4, -0.2) is 83.9 Å². The molecule has 236 valence electrons. The number of benzene rings is 1. The molecular weight excluding hydrogens is 582 g/mol. The number of hydrogen-bond acceptors (Lipinski definition) is 8. The quantitative estimate of drug-likeness (QED) is 0.415. The first-order valence-electron chi connectivity index (χ1n) is 14.3. The first kappa shape index (κ1) is 31.4. The van der Waals surface area contributed by atoms with Gasteiger partial charge in [0.2, 0.25) is 5.95 Å². The lowest BCUT2D eigenvalue weighted by Crippen LogP contribution is -2.46. The number of alkyl halides is 3. The van der Waals surface area contributed by atoms with Gasteiger partial charge in [0.25, 0.3) is 11.5 Å². The maximum atomic E-state index is 15.7. The number of aryl methyl sites for hydroxylation is 1. The number of hydrogen-bond donors (Lipinski definition) is 1. The molecule has 1 N–H and O–H groups in total. The van der Waals surface area contributed by atoms with Gasteiger partial charge in [-0.05, 0) is 46.5 Å². The van der Waals surface area contributed by atoms with E-state index in [1.807, 2.05) is 42.6 Å². The minimum Gasteiger partial charge on any atom is -0.372 e. The van der Waals surface area contributed by atoms with E-state index in [-0.39, 0.29) is 29.5 Å². The zero-order chi connectivity index (χ0) is 31.9. The maximum Gasteiger partial charge on any atom is 0.417 e. The Morgan fingerprint density at radius 1 is 1.05 bits per heavy atom. The van der Waals surface area contributed by atoms with Gasteiger partial charge in [0.15, 0.2) is 0 Å². The van der Waals surface area contributed by atoms with Crippen molar-refractivity contribution in [2.75, 3.05) is 55.4 Å². The fourth-order valence-electron chi connectivity index (χ4n) is 5.73. The molecule has 0 unspecified atom stereocenters. The van der Waals surface area contributed by atoms with Gasteiger partial charge < -0.3 is 29.3 Å². The van der Waals surface area contributed by atoms with Crippen molar-refractivity contribution in [3.63, 3.8) is 0 Å². The Kier molecular flexibility index (Phi) is 8.67. The van der Waals surface area contributed by atoms with Crippen LogP contribution >= 0.6 is 0 Å². The first-order chi connectivity index (χ1) is 20.7. The summed E-state index contributed by atoms with van der Waals surface area (Å²) < 4.78 is 63.9. The van der Waals surface area contributed by atoms with Crippen molar-refractivity contribution in [1.29, 1.82) is 0 Å². The number of rotatable bonds is 6. The van der Waals surface area contributed by atoms with Crippen LogP contribution in [0, 0.1) is 5.82 Å². The predicted octanol–water partition coefficient (Wildman–Crippen LogP) is 4.01. The zero-order valence-corrected chi connectivity index (χ0v) is 25.2. The summed E-state index contributed by atoms with van der Waals surface area (Å²) in [5, 5.41) is 2.58. The minimum atomic E-state index is -4.94. The molecule has 0 bridgehead atoms. The normalized spacial score (nSPS) is 20.8. The number of carbonyl (C=O) groups is 1. The van der Waals surface area contributed by atoms with Gasteiger partial charge in [0.05, 0.1) is 34.7 Å². The molecule has 1 amide bonds. The molecule has 44 heavy (non-hydrogen) atoms. The first-order valence-corrected chi connectivity index (χ1v) is 14.3. The van der Waals surface area contributed by atoms with Crippen molar-refractivity contribution in [2.45, 2.75) is 44.7 Å². The number of nitrogens with zero attached hydrogens (tertiary/aromatic N) is 6. The van der Waals surface area contributed by atoms with Gasteiger partial charge in [0.1, 0.15) is 5.82 Å². The second kappa shape index (κ2) is 12.2. The lowest BCUT2D eigenvalue weighted by molar-refractivity contribution is -0.138. The Labute approximate surface area is 252 Å². The molecule has 3 aromatic rings. The third-order valence-corrected chi connectivity index (χ3v) is 8.00. The van der Waals surface area contributed by atoms with Gasteiger partial charge in [-0.15, -0.1) is 0 Å². The highest BCUT2D eigenvalue weighted by Crippen LogP contribution is 2.37. The van der Waals surface area contributed by atoms with Gasteiger partial charge in [-0.1, -0.05) is 0 Å². The van der Waals surface area contributed by atoms with Gasteiger partial charge in [-0.25, -0.2) is 14.4 Å². The highest BCUT2D eigenvalue weighted by Gasteiger charge is 2.37. The molecule has 10 nitrogen and oxygen atoms in total. The number of carbonyl (C=O) groups excluding carboxylic acids is 1. The number of likely N-dealkylation sites (N-methyl/N-ethyl adjacent to an activating group) is 1. The summed E-state index contributed by atoms with van der Waals surface area (Å²) in [4.78, 5) is 40.2. The van der Waals surface area contributed by atoms with Crippen molar-refractivity contribution in [3.8, 4) is 11.1 Å². The van der Waals surface area contributed by atoms with Crippen LogP contribution in [0.3, 0.4) is 0 Å². The van der Waals surface area contributed by atoms with E-state index >= 15 is 4.39 Å². The van der Waals surface area contributed by atoms with Crippen molar-refractivity contribution in [2.24, 2.45) is 7.05 Å². The van der Waals surface area contributed by atoms with Gasteiger partial charge >= 0.3 is 6.18 Å². The lowest BCUT2D eigenvalue weighted by atomic mass is 10.0. The SMILES string of the molecule is C[C@@H]1CN(c2ncc(-c3cc(NC(=O)c4cn(C)c(=O)cc4C(F)(F)F)c(N4CC[C@H](N(C)C)C4)cc3F)cn2)C[C@H](C)O1. The summed E-state index contributed by atoms with van der Waals surface area (Å²) in [6, 6.07) is 3.21. The minimum absolute atomic E-state index is 0.0132.